The molecule has 0 heterocycles. The summed E-state index contributed by atoms with van der Waals surface area (Å²) in [5.41, 5.74) is 0.755. The molecule has 2 atom stereocenters. The standard InChI is InChI=1S/C10H10O4/c11-9(12)7-3-1-5-6(7)2-4-8(5)10(13)14/h3-6H,1-2H2,(H,11,12)(H,13,14). The van der Waals surface area contributed by atoms with Gasteiger partial charge in [0.1, 0.15) is 0 Å². The Balaban J connectivity index is 2.20. The zero-order chi connectivity index (χ0) is 10.3. The first-order valence-electron chi connectivity index (χ1n) is 4.48. The number of carbonyl (C=O) groups is 2. The summed E-state index contributed by atoms with van der Waals surface area (Å²) in [5, 5.41) is 17.7. The molecule has 2 rings (SSSR count). The molecule has 2 aliphatic rings. The third-order valence-electron chi connectivity index (χ3n) is 2.96. The van der Waals surface area contributed by atoms with Gasteiger partial charge in [-0.1, -0.05) is 12.2 Å². The highest BCUT2D eigenvalue weighted by Gasteiger charge is 2.40. The van der Waals surface area contributed by atoms with Crippen LogP contribution in [0.5, 0.6) is 0 Å². The molecule has 0 bridgehead atoms. The molecule has 0 aromatic rings. The van der Waals surface area contributed by atoms with Crippen LogP contribution in [0.25, 0.3) is 0 Å². The first-order chi connectivity index (χ1) is 6.61. The second-order valence-electron chi connectivity index (χ2n) is 3.61. The second-order valence-corrected chi connectivity index (χ2v) is 3.61. The van der Waals surface area contributed by atoms with E-state index in [1.807, 2.05) is 0 Å². The van der Waals surface area contributed by atoms with Crippen molar-refractivity contribution in [3.05, 3.63) is 23.3 Å². The lowest BCUT2D eigenvalue weighted by molar-refractivity contribution is -0.134. The minimum Gasteiger partial charge on any atom is -0.478 e. The van der Waals surface area contributed by atoms with Crippen molar-refractivity contribution in [1.82, 2.24) is 0 Å². The van der Waals surface area contributed by atoms with Crippen LogP contribution >= 0.6 is 0 Å². The molecule has 0 saturated heterocycles. The Hall–Kier alpha value is -1.58. The van der Waals surface area contributed by atoms with Gasteiger partial charge in [0.25, 0.3) is 0 Å². The van der Waals surface area contributed by atoms with E-state index in [4.69, 9.17) is 10.2 Å². The fourth-order valence-electron chi connectivity index (χ4n) is 2.32. The number of aliphatic carboxylic acids is 2. The molecule has 2 N–H and O–H groups in total. The summed E-state index contributed by atoms with van der Waals surface area (Å²) < 4.78 is 0. The molecular weight excluding hydrogens is 184 g/mol. The minimum absolute atomic E-state index is 0.112. The molecule has 0 radical (unpaired) electrons. The van der Waals surface area contributed by atoms with E-state index in [9.17, 15) is 9.59 Å². The van der Waals surface area contributed by atoms with E-state index in [1.54, 1.807) is 12.2 Å². The largest absolute Gasteiger partial charge is 0.478 e. The monoisotopic (exact) mass is 194 g/mol. The maximum Gasteiger partial charge on any atom is 0.331 e. The lowest BCUT2D eigenvalue weighted by Gasteiger charge is -2.13. The molecule has 0 spiro atoms. The summed E-state index contributed by atoms with van der Waals surface area (Å²) in [4.78, 5) is 21.6. The van der Waals surface area contributed by atoms with Crippen molar-refractivity contribution in [1.29, 1.82) is 0 Å². The van der Waals surface area contributed by atoms with Gasteiger partial charge in [-0.05, 0) is 12.8 Å². The van der Waals surface area contributed by atoms with Gasteiger partial charge in [0.2, 0.25) is 0 Å². The molecule has 0 aromatic carbocycles. The average molecular weight is 194 g/mol. The Kier molecular flexibility index (Phi) is 1.91. The van der Waals surface area contributed by atoms with E-state index in [-0.39, 0.29) is 11.8 Å². The molecular formula is C10H10O4. The molecule has 2 aliphatic carbocycles. The number of fused-ring (bicyclic) bond motifs is 1. The van der Waals surface area contributed by atoms with E-state index >= 15 is 0 Å². The smallest absolute Gasteiger partial charge is 0.331 e. The van der Waals surface area contributed by atoms with E-state index in [0.29, 0.717) is 24.0 Å². The van der Waals surface area contributed by atoms with Crippen LogP contribution in [0.15, 0.2) is 23.3 Å². The van der Waals surface area contributed by atoms with Crippen molar-refractivity contribution in [3.8, 4) is 0 Å². The van der Waals surface area contributed by atoms with Crippen LogP contribution in [-0.4, -0.2) is 22.2 Å². The number of rotatable bonds is 2. The summed E-state index contributed by atoms with van der Waals surface area (Å²) in [5.74, 6) is -2.06. The molecule has 74 valence electrons. The van der Waals surface area contributed by atoms with Gasteiger partial charge >= 0.3 is 11.9 Å². The van der Waals surface area contributed by atoms with Gasteiger partial charge in [0, 0.05) is 23.0 Å². The molecule has 0 saturated carbocycles. The van der Waals surface area contributed by atoms with Gasteiger partial charge in [0.05, 0.1) is 0 Å². The average Bonchev–Trinajstić information content (AvgIpc) is 2.59. The molecule has 4 heteroatoms. The van der Waals surface area contributed by atoms with Crippen molar-refractivity contribution in [2.75, 3.05) is 0 Å². The molecule has 14 heavy (non-hydrogen) atoms. The summed E-state index contributed by atoms with van der Waals surface area (Å²) in [6.45, 7) is 0. The van der Waals surface area contributed by atoms with E-state index in [2.05, 4.69) is 0 Å². The third kappa shape index (κ3) is 1.14. The minimum atomic E-state index is -0.919. The molecule has 0 aromatic heterocycles. The van der Waals surface area contributed by atoms with Crippen molar-refractivity contribution < 1.29 is 19.8 Å². The van der Waals surface area contributed by atoms with E-state index < -0.39 is 11.9 Å². The number of hydrogen-bond donors (Lipinski definition) is 2. The number of carboxylic acid groups (broad SMARTS) is 2. The first kappa shape index (κ1) is 8.99. The first-order valence-corrected chi connectivity index (χ1v) is 4.48. The highest BCUT2D eigenvalue weighted by Crippen LogP contribution is 2.44. The van der Waals surface area contributed by atoms with Crippen LogP contribution in [-0.2, 0) is 9.59 Å². The Labute approximate surface area is 80.5 Å². The molecule has 4 nitrogen and oxygen atoms in total. The quantitative estimate of drug-likeness (QED) is 0.688. The molecule has 0 amide bonds. The zero-order valence-corrected chi connectivity index (χ0v) is 7.43. The summed E-state index contributed by atoms with van der Waals surface area (Å²) in [6.07, 6.45) is 4.38. The van der Waals surface area contributed by atoms with Crippen LogP contribution in [0.4, 0.5) is 0 Å². The Bertz CT molecular complexity index is 328. The van der Waals surface area contributed by atoms with Gasteiger partial charge in [0.15, 0.2) is 0 Å². The maximum absolute atomic E-state index is 10.8. The number of allylic oxidation sites excluding steroid dienone is 2. The summed E-state index contributed by atoms with van der Waals surface area (Å²) in [6, 6.07) is 0. The molecule has 0 fully saturated rings. The highest BCUT2D eigenvalue weighted by molar-refractivity contribution is 5.92. The van der Waals surface area contributed by atoms with Crippen molar-refractivity contribution in [2.45, 2.75) is 12.8 Å². The van der Waals surface area contributed by atoms with Crippen LogP contribution in [0, 0.1) is 11.8 Å². The Morgan fingerprint density at radius 2 is 1.36 bits per heavy atom. The summed E-state index contributed by atoms with van der Waals surface area (Å²) >= 11 is 0. The predicted molar refractivity (Wildman–Crippen MR) is 47.7 cm³/mol. The van der Waals surface area contributed by atoms with E-state index in [1.165, 1.54) is 0 Å². The lowest BCUT2D eigenvalue weighted by Crippen LogP contribution is -2.15. The van der Waals surface area contributed by atoms with Gasteiger partial charge < -0.3 is 10.2 Å². The van der Waals surface area contributed by atoms with Crippen LogP contribution in [0.2, 0.25) is 0 Å². The van der Waals surface area contributed by atoms with E-state index in [0.717, 1.165) is 0 Å². The third-order valence-corrected chi connectivity index (χ3v) is 2.96. The number of hydrogen-bond acceptors (Lipinski definition) is 2. The van der Waals surface area contributed by atoms with Gasteiger partial charge in [-0.15, -0.1) is 0 Å². The van der Waals surface area contributed by atoms with Crippen molar-refractivity contribution in [3.63, 3.8) is 0 Å². The van der Waals surface area contributed by atoms with Crippen LogP contribution in [0.3, 0.4) is 0 Å². The number of carboxylic acids is 2. The SMILES string of the molecule is O=C(O)C1=CCC2C(C(=O)O)=CCC12. The van der Waals surface area contributed by atoms with Crippen molar-refractivity contribution in [2.24, 2.45) is 11.8 Å². The van der Waals surface area contributed by atoms with Gasteiger partial charge in [-0.25, -0.2) is 9.59 Å². The predicted octanol–water partition coefficient (Wildman–Crippen LogP) is 1.05. The molecule has 2 unspecified atom stereocenters. The van der Waals surface area contributed by atoms with Crippen molar-refractivity contribution >= 4 is 11.9 Å². The van der Waals surface area contributed by atoms with Gasteiger partial charge in [-0.2, -0.15) is 0 Å². The van der Waals surface area contributed by atoms with Crippen LogP contribution < -0.4 is 0 Å². The fourth-order valence-corrected chi connectivity index (χ4v) is 2.32. The Morgan fingerprint density at radius 3 is 1.64 bits per heavy atom. The zero-order valence-electron chi connectivity index (χ0n) is 7.43. The topological polar surface area (TPSA) is 74.6 Å². The van der Waals surface area contributed by atoms with Gasteiger partial charge in [-0.3, -0.25) is 0 Å². The fraction of sp³-hybridized carbons (Fsp3) is 0.400. The maximum atomic E-state index is 10.8. The lowest BCUT2D eigenvalue weighted by atomic mass is 9.90. The van der Waals surface area contributed by atoms with Crippen LogP contribution in [0.1, 0.15) is 12.8 Å². The molecule has 0 aliphatic heterocycles. The Morgan fingerprint density at radius 1 is 1.00 bits per heavy atom. The highest BCUT2D eigenvalue weighted by atomic mass is 16.4. The summed E-state index contributed by atoms with van der Waals surface area (Å²) in [7, 11) is 0. The second kappa shape index (κ2) is 2.97. The normalized spacial score (nSPS) is 29.4.